The number of carbonyl (C=O) groups excluding carboxylic acids is 2. The van der Waals surface area contributed by atoms with Crippen LogP contribution in [0.15, 0.2) is 53.3 Å². The van der Waals surface area contributed by atoms with Crippen molar-refractivity contribution < 1.29 is 9.59 Å². The number of nitrogens with zero attached hydrogens (tertiary/aromatic N) is 2. The first kappa shape index (κ1) is 20.5. The van der Waals surface area contributed by atoms with Gasteiger partial charge in [-0.15, -0.1) is 0 Å². The van der Waals surface area contributed by atoms with Gasteiger partial charge in [-0.3, -0.25) is 25.2 Å². The molecule has 0 aliphatic rings. The number of fused-ring (bicyclic) bond motifs is 1. The summed E-state index contributed by atoms with van der Waals surface area (Å²) in [4.78, 5) is 37.6. The second kappa shape index (κ2) is 9.34. The predicted octanol–water partition coefficient (Wildman–Crippen LogP) is 3.31. The number of hydrogen-bond acceptors (Lipinski definition) is 4. The molecule has 0 spiro atoms. The molecule has 0 aliphatic carbocycles. The maximum atomic E-state index is 12.7. The lowest BCUT2D eigenvalue weighted by molar-refractivity contribution is 0.0843. The molecule has 7 nitrogen and oxygen atoms in total. The number of hydrazine groups is 1. The Bertz CT molecular complexity index is 1110. The Morgan fingerprint density at radius 1 is 1.00 bits per heavy atom. The van der Waals surface area contributed by atoms with E-state index in [0.29, 0.717) is 27.9 Å². The summed E-state index contributed by atoms with van der Waals surface area (Å²) in [6.45, 7) is 2.49. The number of nitrogens with one attached hydrogen (secondary N) is 2. The first-order chi connectivity index (χ1) is 14.0. The van der Waals surface area contributed by atoms with E-state index in [-0.39, 0.29) is 11.3 Å². The molecule has 1 heterocycles. The van der Waals surface area contributed by atoms with E-state index in [1.165, 1.54) is 10.7 Å². The van der Waals surface area contributed by atoms with Crippen LogP contribution in [0.1, 0.15) is 47.0 Å². The van der Waals surface area contributed by atoms with Crippen LogP contribution >= 0.6 is 11.6 Å². The fourth-order valence-electron chi connectivity index (χ4n) is 2.94. The molecule has 8 heteroatoms. The van der Waals surface area contributed by atoms with Gasteiger partial charge in [-0.05, 0) is 30.7 Å². The predicted molar refractivity (Wildman–Crippen MR) is 112 cm³/mol. The van der Waals surface area contributed by atoms with Gasteiger partial charge in [-0.25, -0.2) is 4.68 Å². The van der Waals surface area contributed by atoms with Crippen molar-refractivity contribution in [2.75, 3.05) is 0 Å². The number of aryl methyl sites for hydroxylation is 1. The van der Waals surface area contributed by atoms with Crippen LogP contribution in [0.25, 0.3) is 10.8 Å². The average Bonchev–Trinajstić information content (AvgIpc) is 2.73. The number of benzene rings is 2. The number of rotatable bonds is 6. The maximum absolute atomic E-state index is 12.7. The third-order valence-corrected chi connectivity index (χ3v) is 4.67. The fraction of sp³-hybridized carbons (Fsp3) is 0.238. The van der Waals surface area contributed by atoms with Crippen molar-refractivity contribution >= 4 is 34.2 Å². The highest BCUT2D eigenvalue weighted by Crippen LogP contribution is 2.14. The molecule has 0 unspecified atom stereocenters. The Kier molecular flexibility index (Phi) is 6.61. The largest absolute Gasteiger partial charge is 0.290 e. The van der Waals surface area contributed by atoms with Crippen molar-refractivity contribution in [3.05, 3.63) is 75.2 Å². The van der Waals surface area contributed by atoms with Crippen molar-refractivity contribution in [2.24, 2.45) is 0 Å². The molecule has 1 aromatic heterocycles. The van der Waals surface area contributed by atoms with Crippen LogP contribution < -0.4 is 16.4 Å². The van der Waals surface area contributed by atoms with Crippen LogP contribution in [0.2, 0.25) is 5.02 Å². The van der Waals surface area contributed by atoms with Crippen LogP contribution in [0, 0.1) is 0 Å². The summed E-state index contributed by atoms with van der Waals surface area (Å²) >= 11 is 5.89. The van der Waals surface area contributed by atoms with Gasteiger partial charge in [-0.1, -0.05) is 55.6 Å². The maximum Gasteiger partial charge on any atom is 0.290 e. The van der Waals surface area contributed by atoms with Gasteiger partial charge >= 0.3 is 0 Å². The van der Waals surface area contributed by atoms with Gasteiger partial charge in [0.15, 0.2) is 5.69 Å². The summed E-state index contributed by atoms with van der Waals surface area (Å²) in [7, 11) is 0. The number of amides is 2. The monoisotopic (exact) mass is 412 g/mol. The highest BCUT2D eigenvalue weighted by atomic mass is 35.5. The molecular formula is C21H21ClN4O3. The van der Waals surface area contributed by atoms with Gasteiger partial charge in [0, 0.05) is 22.5 Å². The molecule has 0 atom stereocenters. The van der Waals surface area contributed by atoms with E-state index < -0.39 is 11.8 Å². The zero-order valence-electron chi connectivity index (χ0n) is 15.9. The van der Waals surface area contributed by atoms with Crippen molar-refractivity contribution in [1.29, 1.82) is 0 Å². The molecule has 2 amide bonds. The molecular weight excluding hydrogens is 392 g/mol. The molecule has 0 aliphatic heterocycles. The Balaban J connectivity index is 1.85. The molecule has 29 heavy (non-hydrogen) atoms. The van der Waals surface area contributed by atoms with E-state index in [1.807, 2.05) is 0 Å². The molecule has 2 aromatic carbocycles. The molecule has 0 fully saturated rings. The lowest BCUT2D eigenvalue weighted by Gasteiger charge is -2.12. The minimum absolute atomic E-state index is 0.0723. The molecule has 150 valence electrons. The topological polar surface area (TPSA) is 93.1 Å². The lowest BCUT2D eigenvalue weighted by Crippen LogP contribution is -2.42. The molecule has 0 radical (unpaired) electrons. The van der Waals surface area contributed by atoms with Crippen LogP contribution in [0.3, 0.4) is 0 Å². The second-order valence-electron chi connectivity index (χ2n) is 6.55. The molecule has 0 saturated carbocycles. The van der Waals surface area contributed by atoms with Crippen molar-refractivity contribution in [1.82, 2.24) is 20.6 Å². The Labute approximate surface area is 172 Å². The van der Waals surface area contributed by atoms with Crippen LogP contribution in [-0.4, -0.2) is 21.6 Å². The van der Waals surface area contributed by atoms with Crippen LogP contribution in [0.4, 0.5) is 0 Å². The number of aromatic nitrogens is 2. The zero-order chi connectivity index (χ0) is 20.8. The normalized spacial score (nSPS) is 10.7. The SMILES string of the molecule is CCCCCn1nc(C(=O)NNC(=O)c2cccc(Cl)c2)c2ccccc2c1=O. The Morgan fingerprint density at radius 2 is 1.72 bits per heavy atom. The number of hydrogen-bond donors (Lipinski definition) is 2. The zero-order valence-corrected chi connectivity index (χ0v) is 16.7. The molecule has 3 aromatic rings. The summed E-state index contributed by atoms with van der Waals surface area (Å²) in [6.07, 6.45) is 2.75. The van der Waals surface area contributed by atoms with E-state index in [1.54, 1.807) is 42.5 Å². The van der Waals surface area contributed by atoms with E-state index >= 15 is 0 Å². The molecule has 3 rings (SSSR count). The van der Waals surface area contributed by atoms with Gasteiger partial charge in [0.1, 0.15) is 0 Å². The van der Waals surface area contributed by atoms with Gasteiger partial charge in [0.25, 0.3) is 17.4 Å². The quantitative estimate of drug-likeness (QED) is 0.479. The van der Waals surface area contributed by atoms with E-state index in [0.717, 1.165) is 19.3 Å². The highest BCUT2D eigenvalue weighted by molar-refractivity contribution is 6.31. The number of carbonyl (C=O) groups is 2. The third kappa shape index (κ3) is 4.81. The van der Waals surface area contributed by atoms with Gasteiger partial charge < -0.3 is 0 Å². The van der Waals surface area contributed by atoms with E-state index in [2.05, 4.69) is 22.9 Å². The minimum atomic E-state index is -0.610. The minimum Gasteiger partial charge on any atom is -0.267 e. The fourth-order valence-corrected chi connectivity index (χ4v) is 3.13. The van der Waals surface area contributed by atoms with Crippen LogP contribution in [0.5, 0.6) is 0 Å². The first-order valence-electron chi connectivity index (χ1n) is 9.37. The Morgan fingerprint density at radius 3 is 2.45 bits per heavy atom. The van der Waals surface area contributed by atoms with Crippen LogP contribution in [-0.2, 0) is 6.54 Å². The molecule has 0 bridgehead atoms. The van der Waals surface area contributed by atoms with Gasteiger partial charge in [0.2, 0.25) is 0 Å². The second-order valence-corrected chi connectivity index (χ2v) is 6.98. The van der Waals surface area contributed by atoms with Crippen molar-refractivity contribution in [3.63, 3.8) is 0 Å². The van der Waals surface area contributed by atoms with Gasteiger partial charge in [0.05, 0.1) is 5.39 Å². The summed E-state index contributed by atoms with van der Waals surface area (Å²) in [5.41, 5.74) is 4.85. The first-order valence-corrected chi connectivity index (χ1v) is 9.75. The number of halogens is 1. The Hall–Kier alpha value is -3.19. The van der Waals surface area contributed by atoms with Crippen molar-refractivity contribution in [2.45, 2.75) is 32.7 Å². The van der Waals surface area contributed by atoms with E-state index in [9.17, 15) is 14.4 Å². The summed E-state index contributed by atoms with van der Waals surface area (Å²) in [6, 6.07) is 13.1. The summed E-state index contributed by atoms with van der Waals surface area (Å²) in [5.74, 6) is -1.12. The average molecular weight is 413 g/mol. The lowest BCUT2D eigenvalue weighted by atomic mass is 10.1. The van der Waals surface area contributed by atoms with Gasteiger partial charge in [-0.2, -0.15) is 5.10 Å². The third-order valence-electron chi connectivity index (χ3n) is 4.43. The molecule has 0 saturated heterocycles. The highest BCUT2D eigenvalue weighted by Gasteiger charge is 2.17. The number of unbranched alkanes of at least 4 members (excludes halogenated alkanes) is 2. The smallest absolute Gasteiger partial charge is 0.267 e. The van der Waals surface area contributed by atoms with Crippen molar-refractivity contribution in [3.8, 4) is 0 Å². The van der Waals surface area contributed by atoms with E-state index in [4.69, 9.17) is 11.6 Å². The molecule has 2 N–H and O–H groups in total. The standard InChI is InChI=1S/C21H21ClN4O3/c1-2-3-6-12-26-21(29)17-11-5-4-10-16(17)18(25-26)20(28)24-23-19(27)14-8-7-9-15(22)13-14/h4-5,7-11,13H,2-3,6,12H2,1H3,(H,23,27)(H,24,28). The summed E-state index contributed by atoms with van der Waals surface area (Å²) < 4.78 is 1.31. The summed E-state index contributed by atoms with van der Waals surface area (Å²) in [5, 5.41) is 5.51.